The third kappa shape index (κ3) is 14.3. The quantitative estimate of drug-likeness (QED) is 0.107. The smallest absolute Gasteiger partial charge is 0.410 e. The van der Waals surface area contributed by atoms with Crippen LogP contribution in [0, 0.1) is 205 Å². The SMILES string of the molecule is CC(=O)OCC12CC3C(COC(C)=O)(C1)C(OS3(=O)=O)C2C.CC1C2CC3C1OS(=O)(=O)C3(C#N)C2.CC1C2CC3C1OS(=O)(=O)C3(C(F)(F)F)C2.CC1C2CC3C1OS(=O)(=O)C3(C)C2.CC1C2CC3C1OS(=O)(=O)C3C2C.CC1C2CC3C1OS(=O)(=O)C3C2C#N.CC1C2CC3C1OS(=O)(=O)C3C2C(F)(F)F.COC(=O)C12CC3CC1C(OS2(=O)=O)C3C.COC(=O)C1C2CC3C(OS(=O)(=O)C31)C2C. The molecule has 140 heavy (non-hydrogen) atoms. The summed E-state index contributed by atoms with van der Waals surface area (Å²) < 4.78 is 350. The highest BCUT2D eigenvalue weighted by molar-refractivity contribution is 7.90. The van der Waals surface area contributed by atoms with Gasteiger partial charge in [-0.2, -0.15) is 113 Å². The van der Waals surface area contributed by atoms with Crippen molar-refractivity contribution >= 4 is 115 Å². The molecule has 52 heteroatoms. The lowest BCUT2D eigenvalue weighted by atomic mass is 9.73. The maximum absolute atomic E-state index is 13.1. The molecule has 27 rings (SSSR count). The summed E-state index contributed by atoms with van der Waals surface area (Å²) in [5.41, 5.74) is -1.14. The molecule has 0 aromatic heterocycles. The van der Waals surface area contributed by atoms with Gasteiger partial charge in [0.25, 0.3) is 91.1 Å². The Morgan fingerprint density at radius 1 is 0.400 bits per heavy atom. The van der Waals surface area contributed by atoms with Crippen molar-refractivity contribution < 1.29 is 178 Å². The first kappa shape index (κ1) is 104. The van der Waals surface area contributed by atoms with E-state index in [1.165, 1.54) is 28.1 Å². The van der Waals surface area contributed by atoms with Gasteiger partial charge < -0.3 is 18.9 Å². The van der Waals surface area contributed by atoms with Crippen LogP contribution in [-0.4, -0.2) is 240 Å². The fourth-order valence-corrected chi connectivity index (χ4v) is 52.6. The number of rotatable bonds is 6. The van der Waals surface area contributed by atoms with E-state index in [0.717, 1.165) is 44.9 Å². The fourth-order valence-electron chi connectivity index (χ4n) is 34.0. The number of carbonyl (C=O) groups is 4. The summed E-state index contributed by atoms with van der Waals surface area (Å²) in [4.78, 5) is 45.8. The van der Waals surface area contributed by atoms with Gasteiger partial charge in [0.1, 0.15) is 27.1 Å². The Balaban J connectivity index is 0.000000101. The van der Waals surface area contributed by atoms with Crippen molar-refractivity contribution in [1.29, 1.82) is 10.5 Å². The van der Waals surface area contributed by atoms with E-state index in [0.29, 0.717) is 85.9 Å². The highest BCUT2D eigenvalue weighted by Gasteiger charge is 2.84. The monoisotopic (exact) mass is 2170 g/mol. The Morgan fingerprint density at radius 2 is 0.829 bits per heavy atom. The Bertz CT molecular complexity index is 6370. The van der Waals surface area contributed by atoms with Crippen LogP contribution >= 0.6 is 0 Å². The van der Waals surface area contributed by atoms with Crippen LogP contribution in [0.15, 0.2) is 0 Å². The van der Waals surface area contributed by atoms with Gasteiger partial charge in [-0.3, -0.25) is 56.8 Å². The Labute approximate surface area is 812 Å². The van der Waals surface area contributed by atoms with E-state index in [1.54, 1.807) is 13.8 Å². The van der Waals surface area contributed by atoms with Crippen LogP contribution in [0.4, 0.5) is 26.3 Å². The topological polar surface area (TPSA) is 543 Å². The minimum Gasteiger partial charge on any atom is -0.469 e. The standard InChI is InChI=1S/C14H20O7S.2C10H14O5S.2C9H11F3O3S.2C9H11NO3S.2C9H14O3S/c1-8-12-14(7-20-10(3)16)5-13(8,6-19-9(2)15)4-11(14)22(17,18)21-12;1-5-6-3-7-8(5)15-16(12,13)10(7,4-6)9(11)14-2;1-4-5-3-6-8(4)15-16(12,13)9(6)7(5)10(11)14-2;1-4-5-2-6-7(4)15-16(13,14)8(6,3-5)9(10,11)12;1-3-4-2-5-7(3)15-16(13,14)8(5)6(4)9(10,11)12;1-5-6-2-7-8(5)13-14(11,12)9(7,3-6)4-10;1-4-5-2-6-8(4)13-14(11,12)9(6)7(5)3-10;1-5-6-3-7-8(5)12-13(10,11)9(7,2)4-6;1-4-6-3-7-8(4)12-13(10,11)9(7)5(6)2/h8,11-12H,4-7H2,1-3H3;5-8H,3-4H2,1-2H3;4-9H,3H2,1-2H3;4-7H,2-3H2,1H3;3-8H,2H2,1H3;5-8H,2-3H2,1H3;4-9H,2H2,1H3;5-8H,3-4H2,1-2H3;4-9H,3H2,1-2H3. The number of halogens is 6. The van der Waals surface area contributed by atoms with Crippen LogP contribution in [0.5, 0.6) is 0 Å². The number of fused-ring (bicyclic) bond motifs is 9. The molecular formula is C88H120F6N2O35S9. The van der Waals surface area contributed by atoms with Crippen molar-refractivity contribution in [2.24, 2.45) is 182 Å². The summed E-state index contributed by atoms with van der Waals surface area (Å²) in [6.07, 6.45) is -3.58. The van der Waals surface area contributed by atoms with Crippen LogP contribution in [0.2, 0.25) is 0 Å². The van der Waals surface area contributed by atoms with E-state index < -0.39 is 220 Å². The van der Waals surface area contributed by atoms with Gasteiger partial charge in [0, 0.05) is 66.6 Å². The number of alkyl halides is 6. The Hall–Kier alpha value is -4.37. The molecule has 27 aliphatic rings. The van der Waals surface area contributed by atoms with Gasteiger partial charge in [-0.25, -0.2) is 0 Å². The van der Waals surface area contributed by atoms with Crippen molar-refractivity contribution in [2.75, 3.05) is 27.4 Å². The van der Waals surface area contributed by atoms with E-state index in [9.17, 15) is 121 Å². The number of nitrogens with zero attached hydrogens (tertiary/aromatic N) is 2. The number of hydrogen-bond acceptors (Lipinski definition) is 37. The summed E-state index contributed by atoms with van der Waals surface area (Å²) in [6, 6.07) is 4.15. The molecule has 18 bridgehead atoms. The molecule has 18 aliphatic carbocycles. The second-order valence-corrected chi connectivity index (χ2v) is 62.2. The fraction of sp³-hybridized carbons (Fsp3) is 0.932. The molecule has 9 saturated heterocycles. The first-order chi connectivity index (χ1) is 64.5. The number of ether oxygens (including phenoxy) is 4. The van der Waals surface area contributed by atoms with Crippen molar-refractivity contribution in [1.82, 2.24) is 0 Å². The van der Waals surface area contributed by atoms with Gasteiger partial charge >= 0.3 is 36.2 Å². The third-order valence-electron chi connectivity index (χ3n) is 40.7. The second kappa shape index (κ2) is 33.1. The zero-order chi connectivity index (χ0) is 103. The van der Waals surface area contributed by atoms with Crippen molar-refractivity contribution in [3.63, 3.8) is 0 Å². The molecule has 27 fully saturated rings. The zero-order valence-electron chi connectivity index (χ0n) is 79.3. The zero-order valence-corrected chi connectivity index (χ0v) is 86.6. The normalized spacial score (nSPS) is 54.0. The molecule has 0 radical (unpaired) electrons. The van der Waals surface area contributed by atoms with Crippen LogP contribution in [0.1, 0.15) is 180 Å². The predicted molar refractivity (Wildman–Crippen MR) is 468 cm³/mol. The Kier molecular flexibility index (Phi) is 24.6. The molecule has 49 atom stereocenters. The number of hydrogen-bond donors (Lipinski definition) is 0. The highest BCUT2D eigenvalue weighted by atomic mass is 32.3. The first-order valence-corrected chi connectivity index (χ1v) is 61.2. The molecular weight excluding hydrogens is 2050 g/mol. The maximum atomic E-state index is 13.1. The summed E-state index contributed by atoms with van der Waals surface area (Å²) in [5, 5.41) is 14.6. The van der Waals surface area contributed by atoms with E-state index >= 15 is 0 Å². The number of carbonyl (C=O) groups excluding carboxylic acids is 4. The van der Waals surface area contributed by atoms with Gasteiger partial charge in [-0.1, -0.05) is 69.2 Å². The molecule has 0 aromatic carbocycles. The molecule has 9 aliphatic heterocycles. The molecule has 9 heterocycles. The van der Waals surface area contributed by atoms with Crippen molar-refractivity contribution in [3.05, 3.63) is 0 Å². The van der Waals surface area contributed by atoms with Crippen LogP contribution in [0.3, 0.4) is 0 Å². The first-order valence-electron chi connectivity index (χ1n) is 48.2. The summed E-state index contributed by atoms with van der Waals surface area (Å²) in [6.45, 7) is 24.3. The molecule has 788 valence electrons. The lowest BCUT2D eigenvalue weighted by Gasteiger charge is -2.35. The van der Waals surface area contributed by atoms with E-state index in [2.05, 4.69) is 31.6 Å². The molecule has 18 saturated carbocycles. The van der Waals surface area contributed by atoms with Gasteiger partial charge in [-0.15, -0.1) is 0 Å². The van der Waals surface area contributed by atoms with E-state index in [1.807, 2.05) is 47.6 Å². The minimum atomic E-state index is -4.72. The Morgan fingerprint density at radius 3 is 1.34 bits per heavy atom. The highest BCUT2D eigenvalue weighted by Crippen LogP contribution is 2.74. The van der Waals surface area contributed by atoms with Crippen molar-refractivity contribution in [3.8, 4) is 12.1 Å². The van der Waals surface area contributed by atoms with Crippen LogP contribution in [0.25, 0.3) is 0 Å². The van der Waals surface area contributed by atoms with E-state index in [4.69, 9.17) is 62.4 Å². The largest absolute Gasteiger partial charge is 0.469 e. The molecule has 49 unspecified atom stereocenters. The second-order valence-electron chi connectivity index (χ2n) is 46.0. The minimum absolute atomic E-state index is 0.00546. The molecule has 0 spiro atoms. The van der Waals surface area contributed by atoms with Crippen molar-refractivity contribution in [2.45, 2.75) is 292 Å². The van der Waals surface area contributed by atoms with Gasteiger partial charge in [-0.05, 0) is 203 Å². The summed E-state index contributed by atoms with van der Waals surface area (Å²) >= 11 is 0. The van der Waals surface area contributed by atoms with Gasteiger partial charge in [0.2, 0.25) is 0 Å². The van der Waals surface area contributed by atoms with Crippen LogP contribution in [-0.2, 0) is 167 Å². The molecule has 0 aromatic rings. The summed E-state index contributed by atoms with van der Waals surface area (Å²) in [5.74, 6) is -2.48. The van der Waals surface area contributed by atoms with Gasteiger partial charge in [0.15, 0.2) is 14.2 Å². The number of methoxy groups -OCH3 is 2. The average molecular weight is 2170 g/mol. The maximum Gasteiger partial charge on any atom is 0.410 e. The number of esters is 4. The molecule has 0 N–H and O–H groups in total. The predicted octanol–water partition coefficient (Wildman–Crippen LogP) is 7.64. The summed E-state index contributed by atoms with van der Waals surface area (Å²) in [7, 11) is -30.6. The van der Waals surface area contributed by atoms with Crippen LogP contribution < -0.4 is 0 Å². The average Bonchev–Trinajstić information content (AvgIpc) is 1.50. The number of nitriles is 2. The third-order valence-corrected chi connectivity index (χ3v) is 58.0. The molecule has 37 nitrogen and oxygen atoms in total. The lowest BCUT2D eigenvalue weighted by Crippen LogP contribution is -2.53. The molecule has 0 amide bonds. The van der Waals surface area contributed by atoms with Gasteiger partial charge in [0.05, 0.1) is 122 Å². The van der Waals surface area contributed by atoms with E-state index in [-0.39, 0.29) is 162 Å². The lowest BCUT2D eigenvalue weighted by molar-refractivity contribution is -0.190.